The molecule has 2 aliphatic rings. The highest BCUT2D eigenvalue weighted by atomic mass is 16.1. The van der Waals surface area contributed by atoms with Crippen LogP contribution < -0.4 is 11.2 Å². The Hall–Kier alpha value is -2.40. The van der Waals surface area contributed by atoms with Crippen LogP contribution in [-0.4, -0.2) is 29.6 Å². The first-order chi connectivity index (χ1) is 9.65. The van der Waals surface area contributed by atoms with Gasteiger partial charge in [-0.1, -0.05) is 18.2 Å². The third-order valence-corrected chi connectivity index (χ3v) is 3.37. The Kier molecular flexibility index (Phi) is 3.12. The zero-order valence-corrected chi connectivity index (χ0v) is 11.2. The molecule has 0 saturated carbocycles. The summed E-state index contributed by atoms with van der Waals surface area (Å²) in [4.78, 5) is 16.6. The Morgan fingerprint density at radius 2 is 2.10 bits per heavy atom. The molecule has 0 bridgehead atoms. The van der Waals surface area contributed by atoms with Crippen LogP contribution >= 0.6 is 0 Å². The van der Waals surface area contributed by atoms with Gasteiger partial charge >= 0.3 is 0 Å². The Labute approximate surface area is 117 Å². The number of hydrogen-bond acceptors (Lipinski definition) is 5. The highest BCUT2D eigenvalue weighted by Gasteiger charge is 2.30. The molecule has 0 aromatic heterocycles. The molecule has 3 rings (SSSR count). The second-order valence-corrected chi connectivity index (χ2v) is 4.92. The summed E-state index contributed by atoms with van der Waals surface area (Å²) in [7, 11) is 0. The molecule has 2 aliphatic heterocycles. The number of Topliss-reactive ketones (excluding diaryl/α,β-unsaturated/α-hetero) is 1. The van der Waals surface area contributed by atoms with E-state index in [1.165, 1.54) is 0 Å². The zero-order chi connectivity index (χ0) is 14.1. The third-order valence-electron chi connectivity index (χ3n) is 3.37. The van der Waals surface area contributed by atoms with Gasteiger partial charge in [-0.15, -0.1) is 0 Å². The Balaban J connectivity index is 1.97. The van der Waals surface area contributed by atoms with Crippen molar-refractivity contribution in [2.45, 2.75) is 13.0 Å². The molecule has 1 aromatic rings. The molecule has 5 heteroatoms. The number of dihydropyridines is 1. The van der Waals surface area contributed by atoms with Crippen LogP contribution in [0.25, 0.3) is 0 Å². The van der Waals surface area contributed by atoms with Crippen LogP contribution in [0.2, 0.25) is 0 Å². The van der Waals surface area contributed by atoms with Crippen molar-refractivity contribution in [2.75, 3.05) is 11.9 Å². The molecule has 0 amide bonds. The summed E-state index contributed by atoms with van der Waals surface area (Å²) < 4.78 is 0. The number of aliphatic imine (C=N–C) groups is 1. The number of nitrogens with zero attached hydrogens (tertiary/aromatic N) is 2. The van der Waals surface area contributed by atoms with E-state index in [9.17, 15) is 4.79 Å². The lowest BCUT2D eigenvalue weighted by Crippen LogP contribution is -2.38. The standard InChI is InChI=1S/C15H16N4O/c1-10-15(20)14-11(7-17-10)8-19(16)9-13(14)18-12-5-3-2-4-6-12/h2-7,9-10,18H,8,16H2,1H3. The van der Waals surface area contributed by atoms with Crippen molar-refractivity contribution in [3.05, 3.63) is 53.4 Å². The minimum absolute atomic E-state index is 0.0327. The van der Waals surface area contributed by atoms with E-state index in [0.717, 1.165) is 17.0 Å². The number of rotatable bonds is 2. The molecular weight excluding hydrogens is 252 g/mol. The van der Waals surface area contributed by atoms with Gasteiger partial charge < -0.3 is 10.3 Å². The Morgan fingerprint density at radius 3 is 2.85 bits per heavy atom. The Bertz CT molecular complexity index is 631. The maximum absolute atomic E-state index is 12.4. The first-order valence-electron chi connectivity index (χ1n) is 6.51. The summed E-state index contributed by atoms with van der Waals surface area (Å²) >= 11 is 0. The van der Waals surface area contributed by atoms with Crippen LogP contribution in [0.5, 0.6) is 0 Å². The predicted octanol–water partition coefficient (Wildman–Crippen LogP) is 1.47. The molecule has 1 aromatic carbocycles. The summed E-state index contributed by atoms with van der Waals surface area (Å²) in [6, 6.07) is 9.38. The van der Waals surface area contributed by atoms with Crippen LogP contribution in [-0.2, 0) is 4.79 Å². The topological polar surface area (TPSA) is 70.7 Å². The first kappa shape index (κ1) is 12.6. The molecule has 0 saturated heterocycles. The number of ketones is 1. The number of nitrogens with two attached hydrogens (primary N) is 1. The fourth-order valence-electron chi connectivity index (χ4n) is 2.37. The van der Waals surface area contributed by atoms with E-state index < -0.39 is 0 Å². The maximum atomic E-state index is 12.4. The lowest BCUT2D eigenvalue weighted by molar-refractivity contribution is -0.116. The molecule has 0 fully saturated rings. The van der Waals surface area contributed by atoms with Gasteiger partial charge in [0.15, 0.2) is 5.78 Å². The molecule has 0 aliphatic carbocycles. The van der Waals surface area contributed by atoms with Crippen LogP contribution in [0.3, 0.4) is 0 Å². The van der Waals surface area contributed by atoms with Crippen LogP contribution in [0.4, 0.5) is 5.69 Å². The summed E-state index contributed by atoms with van der Waals surface area (Å²) in [6.45, 7) is 2.30. The molecule has 1 unspecified atom stereocenters. The number of benzene rings is 1. The van der Waals surface area contributed by atoms with Crippen molar-refractivity contribution in [3.8, 4) is 0 Å². The molecule has 1 atom stereocenters. The van der Waals surface area contributed by atoms with E-state index in [4.69, 9.17) is 5.84 Å². The minimum atomic E-state index is -0.334. The van der Waals surface area contributed by atoms with Gasteiger partial charge in [-0.3, -0.25) is 9.79 Å². The van der Waals surface area contributed by atoms with Gasteiger partial charge in [0.2, 0.25) is 0 Å². The van der Waals surface area contributed by atoms with Gasteiger partial charge in [0.1, 0.15) is 6.04 Å². The van der Waals surface area contributed by atoms with E-state index in [2.05, 4.69) is 10.3 Å². The SMILES string of the molecule is CC1N=CC2=C(C1=O)C(Nc1ccccc1)=CN(N)C2. The van der Waals surface area contributed by atoms with Gasteiger partial charge in [-0.05, 0) is 19.1 Å². The maximum Gasteiger partial charge on any atom is 0.189 e. The monoisotopic (exact) mass is 268 g/mol. The van der Waals surface area contributed by atoms with E-state index in [-0.39, 0.29) is 11.8 Å². The van der Waals surface area contributed by atoms with E-state index in [0.29, 0.717) is 12.1 Å². The molecule has 0 radical (unpaired) electrons. The van der Waals surface area contributed by atoms with E-state index >= 15 is 0 Å². The second kappa shape index (κ2) is 4.94. The largest absolute Gasteiger partial charge is 0.354 e. The highest BCUT2D eigenvalue weighted by Crippen LogP contribution is 2.27. The average Bonchev–Trinajstić information content (AvgIpc) is 2.44. The predicted molar refractivity (Wildman–Crippen MR) is 79.0 cm³/mol. The fourth-order valence-corrected chi connectivity index (χ4v) is 2.37. The minimum Gasteiger partial charge on any atom is -0.354 e. The highest BCUT2D eigenvalue weighted by molar-refractivity contribution is 6.11. The number of para-hydroxylation sites is 1. The molecule has 20 heavy (non-hydrogen) atoms. The summed E-state index contributed by atoms with van der Waals surface area (Å²) in [5, 5.41) is 4.82. The number of nitrogens with one attached hydrogen (secondary N) is 1. The lowest BCUT2D eigenvalue weighted by atomic mass is 9.93. The average molecular weight is 268 g/mol. The molecule has 0 spiro atoms. The van der Waals surface area contributed by atoms with E-state index in [1.54, 1.807) is 24.3 Å². The van der Waals surface area contributed by atoms with Gasteiger partial charge in [-0.25, -0.2) is 5.84 Å². The van der Waals surface area contributed by atoms with Crippen LogP contribution in [0.1, 0.15) is 6.92 Å². The number of anilines is 1. The normalized spacial score (nSPS) is 21.7. The summed E-state index contributed by atoms with van der Waals surface area (Å²) in [5.74, 6) is 5.91. The van der Waals surface area contributed by atoms with Gasteiger partial charge in [0.05, 0.1) is 17.8 Å². The van der Waals surface area contributed by atoms with Crippen molar-refractivity contribution in [2.24, 2.45) is 10.8 Å². The lowest BCUT2D eigenvalue weighted by Gasteiger charge is -2.29. The van der Waals surface area contributed by atoms with Crippen LogP contribution in [0.15, 0.2) is 58.4 Å². The van der Waals surface area contributed by atoms with Crippen LogP contribution in [0, 0.1) is 0 Å². The third kappa shape index (κ3) is 2.23. The summed E-state index contributed by atoms with van der Waals surface area (Å²) in [6.07, 6.45) is 3.51. The van der Waals surface area contributed by atoms with Gasteiger partial charge in [0, 0.05) is 23.7 Å². The molecule has 102 valence electrons. The van der Waals surface area contributed by atoms with Crippen molar-refractivity contribution in [1.82, 2.24) is 5.01 Å². The van der Waals surface area contributed by atoms with Gasteiger partial charge in [0.25, 0.3) is 0 Å². The first-order valence-corrected chi connectivity index (χ1v) is 6.51. The van der Waals surface area contributed by atoms with Crippen molar-refractivity contribution in [1.29, 1.82) is 0 Å². The number of hydrogen-bond donors (Lipinski definition) is 2. The molecule has 5 nitrogen and oxygen atoms in total. The Morgan fingerprint density at radius 1 is 1.35 bits per heavy atom. The number of carbonyl (C=O) groups excluding carboxylic acids is 1. The molecule has 2 heterocycles. The van der Waals surface area contributed by atoms with Gasteiger partial charge in [-0.2, -0.15) is 0 Å². The fraction of sp³-hybridized carbons (Fsp3) is 0.200. The van der Waals surface area contributed by atoms with Crippen molar-refractivity contribution >= 4 is 17.7 Å². The molecule has 3 N–H and O–H groups in total. The quantitative estimate of drug-likeness (QED) is 0.797. The molecular formula is C15H16N4O. The van der Waals surface area contributed by atoms with E-state index in [1.807, 2.05) is 30.3 Å². The second-order valence-electron chi connectivity index (χ2n) is 4.92. The number of hydrazine groups is 1. The number of carbonyl (C=O) groups is 1. The zero-order valence-electron chi connectivity index (χ0n) is 11.2. The smallest absolute Gasteiger partial charge is 0.189 e. The van der Waals surface area contributed by atoms with Crippen molar-refractivity contribution < 1.29 is 4.79 Å². The number of allylic oxidation sites excluding steroid dienone is 1. The summed E-state index contributed by atoms with van der Waals surface area (Å²) in [5.41, 5.74) is 3.20. The van der Waals surface area contributed by atoms with Crippen molar-refractivity contribution in [3.63, 3.8) is 0 Å².